The summed E-state index contributed by atoms with van der Waals surface area (Å²) in [5, 5.41) is 7.57. The maximum Gasteiger partial charge on any atom is 0.164 e. The Bertz CT molecular complexity index is 611. The van der Waals surface area contributed by atoms with Gasteiger partial charge in [-0.1, -0.05) is 0 Å². The van der Waals surface area contributed by atoms with Gasteiger partial charge >= 0.3 is 0 Å². The predicted octanol–water partition coefficient (Wildman–Crippen LogP) is 1.78. The van der Waals surface area contributed by atoms with E-state index < -0.39 is 0 Å². The molecule has 0 aliphatic heterocycles. The molecule has 0 atom stereocenters. The molecule has 0 aliphatic carbocycles. The number of nitrogens with zero attached hydrogens (tertiary/aromatic N) is 2. The summed E-state index contributed by atoms with van der Waals surface area (Å²) in [6, 6.07) is 3.78. The van der Waals surface area contributed by atoms with Gasteiger partial charge in [0.25, 0.3) is 0 Å². The lowest BCUT2D eigenvalue weighted by Gasteiger charge is -2.14. The Labute approximate surface area is 131 Å². The Morgan fingerprint density at radius 2 is 1.73 bits per heavy atom. The largest absolute Gasteiger partial charge is 0.496 e. The maximum absolute atomic E-state index is 5.42. The van der Waals surface area contributed by atoms with Crippen molar-refractivity contribution in [2.24, 2.45) is 7.05 Å². The fraction of sp³-hybridized carbons (Fsp3) is 0.438. The number of benzene rings is 1. The summed E-state index contributed by atoms with van der Waals surface area (Å²) in [6.07, 6.45) is 4.85. The summed E-state index contributed by atoms with van der Waals surface area (Å²) in [5.41, 5.74) is 2.25. The molecule has 0 unspecified atom stereocenters. The van der Waals surface area contributed by atoms with Gasteiger partial charge in [0.05, 0.1) is 27.5 Å². The summed E-state index contributed by atoms with van der Waals surface area (Å²) in [5.74, 6) is 2.15. The molecule has 1 heterocycles. The second-order valence-corrected chi connectivity index (χ2v) is 4.97. The van der Waals surface area contributed by atoms with E-state index in [-0.39, 0.29) is 0 Å². The van der Waals surface area contributed by atoms with Gasteiger partial charge in [0.1, 0.15) is 5.75 Å². The molecular weight excluding hydrogens is 282 g/mol. The third-order valence-corrected chi connectivity index (χ3v) is 3.45. The summed E-state index contributed by atoms with van der Waals surface area (Å²) in [4.78, 5) is 0. The first-order valence-corrected chi connectivity index (χ1v) is 7.15. The van der Waals surface area contributed by atoms with Crippen molar-refractivity contribution in [3.63, 3.8) is 0 Å². The summed E-state index contributed by atoms with van der Waals surface area (Å²) < 4.78 is 17.8. The normalized spacial score (nSPS) is 10.5. The molecule has 1 aromatic heterocycles. The summed E-state index contributed by atoms with van der Waals surface area (Å²) in [6.45, 7) is 1.56. The van der Waals surface area contributed by atoms with Crippen LogP contribution in [0.4, 0.5) is 0 Å². The molecule has 22 heavy (non-hydrogen) atoms. The number of methoxy groups -OCH3 is 3. The van der Waals surface area contributed by atoms with Crippen LogP contribution in [0.15, 0.2) is 24.5 Å². The Morgan fingerprint density at radius 3 is 2.32 bits per heavy atom. The maximum atomic E-state index is 5.42. The van der Waals surface area contributed by atoms with E-state index >= 15 is 0 Å². The van der Waals surface area contributed by atoms with Crippen LogP contribution in [-0.4, -0.2) is 37.7 Å². The van der Waals surface area contributed by atoms with Crippen LogP contribution in [0.3, 0.4) is 0 Å². The van der Waals surface area contributed by atoms with Crippen molar-refractivity contribution < 1.29 is 14.2 Å². The molecule has 1 aromatic carbocycles. The van der Waals surface area contributed by atoms with Crippen molar-refractivity contribution in [1.82, 2.24) is 15.1 Å². The quantitative estimate of drug-likeness (QED) is 0.753. The Morgan fingerprint density at radius 1 is 1.05 bits per heavy atom. The zero-order chi connectivity index (χ0) is 15.9. The number of hydrogen-bond donors (Lipinski definition) is 1. The second kappa shape index (κ2) is 7.70. The molecule has 0 fully saturated rings. The van der Waals surface area contributed by atoms with E-state index in [0.29, 0.717) is 18.0 Å². The highest BCUT2D eigenvalue weighted by molar-refractivity contribution is 5.50. The van der Waals surface area contributed by atoms with Crippen LogP contribution in [-0.2, 0) is 20.0 Å². The van der Waals surface area contributed by atoms with E-state index in [2.05, 4.69) is 10.4 Å². The van der Waals surface area contributed by atoms with Crippen LogP contribution >= 0.6 is 0 Å². The molecule has 0 spiro atoms. The van der Waals surface area contributed by atoms with Crippen molar-refractivity contribution in [3.05, 3.63) is 35.7 Å². The lowest BCUT2D eigenvalue weighted by atomic mass is 10.1. The first kappa shape index (κ1) is 16.2. The van der Waals surface area contributed by atoms with Crippen molar-refractivity contribution in [2.75, 3.05) is 27.9 Å². The monoisotopic (exact) mass is 305 g/mol. The van der Waals surface area contributed by atoms with Crippen LogP contribution in [0.1, 0.15) is 11.1 Å². The predicted molar refractivity (Wildman–Crippen MR) is 84.7 cm³/mol. The smallest absolute Gasteiger partial charge is 0.164 e. The second-order valence-electron chi connectivity index (χ2n) is 4.97. The fourth-order valence-electron chi connectivity index (χ4n) is 2.29. The van der Waals surface area contributed by atoms with Gasteiger partial charge in [0.15, 0.2) is 11.5 Å². The molecule has 2 rings (SSSR count). The van der Waals surface area contributed by atoms with Crippen LogP contribution in [0.5, 0.6) is 17.2 Å². The SMILES string of the molecule is COc1cc(OC)c(OC)cc1CNCCc1cnn(C)c1. The zero-order valence-electron chi connectivity index (χ0n) is 13.5. The molecule has 0 radical (unpaired) electrons. The van der Waals surface area contributed by atoms with Gasteiger partial charge in [0.2, 0.25) is 0 Å². The number of nitrogens with one attached hydrogen (secondary N) is 1. The summed E-state index contributed by atoms with van der Waals surface area (Å²) >= 11 is 0. The Hall–Kier alpha value is -2.21. The van der Waals surface area contributed by atoms with Crippen LogP contribution in [0.2, 0.25) is 0 Å². The van der Waals surface area contributed by atoms with E-state index in [0.717, 1.165) is 24.3 Å². The number of ether oxygens (including phenoxy) is 3. The molecule has 0 aliphatic rings. The highest BCUT2D eigenvalue weighted by Gasteiger charge is 2.11. The lowest BCUT2D eigenvalue weighted by Crippen LogP contribution is -2.17. The van der Waals surface area contributed by atoms with E-state index in [1.165, 1.54) is 5.56 Å². The number of hydrogen-bond acceptors (Lipinski definition) is 5. The molecule has 0 bridgehead atoms. The van der Waals surface area contributed by atoms with Crippen LogP contribution < -0.4 is 19.5 Å². The van der Waals surface area contributed by atoms with Crippen LogP contribution in [0, 0.1) is 0 Å². The standard InChI is InChI=1S/C16H23N3O3/c1-19-11-12(9-18-19)5-6-17-10-13-7-15(21-3)16(22-4)8-14(13)20-2/h7-9,11,17H,5-6,10H2,1-4H3. The Balaban J connectivity index is 1.96. The third kappa shape index (κ3) is 3.92. The van der Waals surface area contributed by atoms with Gasteiger partial charge in [0, 0.05) is 31.4 Å². The first-order valence-electron chi connectivity index (χ1n) is 7.15. The van der Waals surface area contributed by atoms with E-state index in [4.69, 9.17) is 14.2 Å². The van der Waals surface area contributed by atoms with E-state index in [1.807, 2.05) is 36.3 Å². The average Bonchev–Trinajstić information content (AvgIpc) is 2.96. The topological polar surface area (TPSA) is 57.5 Å². The fourth-order valence-corrected chi connectivity index (χ4v) is 2.29. The highest BCUT2D eigenvalue weighted by Crippen LogP contribution is 2.34. The van der Waals surface area contributed by atoms with Gasteiger partial charge in [-0.25, -0.2) is 0 Å². The van der Waals surface area contributed by atoms with Gasteiger partial charge in [-0.2, -0.15) is 5.10 Å². The average molecular weight is 305 g/mol. The Kier molecular flexibility index (Phi) is 5.66. The molecule has 120 valence electrons. The number of aromatic nitrogens is 2. The number of rotatable bonds is 8. The first-order chi connectivity index (χ1) is 10.7. The highest BCUT2D eigenvalue weighted by atomic mass is 16.5. The number of aryl methyl sites for hydroxylation is 1. The minimum atomic E-state index is 0.665. The van der Waals surface area contributed by atoms with Gasteiger partial charge in [-0.05, 0) is 24.6 Å². The molecule has 6 heteroatoms. The molecule has 2 aromatic rings. The van der Waals surface area contributed by atoms with E-state index in [9.17, 15) is 0 Å². The zero-order valence-corrected chi connectivity index (χ0v) is 13.5. The minimum absolute atomic E-state index is 0.665. The molecule has 0 saturated heterocycles. The van der Waals surface area contributed by atoms with Crippen molar-refractivity contribution >= 4 is 0 Å². The van der Waals surface area contributed by atoms with Crippen molar-refractivity contribution in [3.8, 4) is 17.2 Å². The third-order valence-electron chi connectivity index (χ3n) is 3.45. The van der Waals surface area contributed by atoms with Crippen LogP contribution in [0.25, 0.3) is 0 Å². The molecule has 0 saturated carbocycles. The van der Waals surface area contributed by atoms with Crippen molar-refractivity contribution in [2.45, 2.75) is 13.0 Å². The molecule has 6 nitrogen and oxygen atoms in total. The van der Waals surface area contributed by atoms with E-state index in [1.54, 1.807) is 21.3 Å². The minimum Gasteiger partial charge on any atom is -0.496 e. The van der Waals surface area contributed by atoms with Crippen molar-refractivity contribution in [1.29, 1.82) is 0 Å². The molecular formula is C16H23N3O3. The molecule has 0 amide bonds. The summed E-state index contributed by atoms with van der Waals surface area (Å²) in [7, 11) is 6.82. The van der Waals surface area contributed by atoms with Gasteiger partial charge < -0.3 is 19.5 Å². The lowest BCUT2D eigenvalue weighted by molar-refractivity contribution is 0.347. The molecule has 1 N–H and O–H groups in total. The van der Waals surface area contributed by atoms with Gasteiger partial charge in [-0.3, -0.25) is 4.68 Å². The van der Waals surface area contributed by atoms with Gasteiger partial charge in [-0.15, -0.1) is 0 Å².